The second-order valence-electron chi connectivity index (χ2n) is 3.17. The Morgan fingerprint density at radius 3 is 2.67 bits per heavy atom. The van der Waals surface area contributed by atoms with Crippen molar-refractivity contribution in [1.82, 2.24) is 4.98 Å². The lowest BCUT2D eigenvalue weighted by atomic mass is 10.1. The minimum Gasteiger partial charge on any atom is -0.493 e. The van der Waals surface area contributed by atoms with Gasteiger partial charge in [-0.3, -0.25) is 4.98 Å². The summed E-state index contributed by atoms with van der Waals surface area (Å²) in [6.07, 6.45) is 3.58. The zero-order valence-corrected chi connectivity index (χ0v) is 8.68. The van der Waals surface area contributed by atoms with Crippen LogP contribution in [0.5, 0.6) is 5.75 Å². The van der Waals surface area contributed by atoms with Crippen LogP contribution in [-0.4, -0.2) is 11.6 Å². The summed E-state index contributed by atoms with van der Waals surface area (Å²) in [4.78, 5) is 4.12. The molecule has 0 radical (unpaired) electrons. The van der Waals surface area contributed by atoms with E-state index in [4.69, 9.17) is 4.74 Å². The number of benzene rings is 1. The molecule has 1 aromatic heterocycles. The first-order valence-electron chi connectivity index (χ1n) is 5.04. The summed E-state index contributed by atoms with van der Waals surface area (Å²) in [5.74, 6) is 0.888. The fourth-order valence-electron chi connectivity index (χ4n) is 1.50. The van der Waals surface area contributed by atoms with E-state index in [1.807, 2.05) is 37.4 Å². The molecule has 0 N–H and O–H groups in total. The molecule has 2 aromatic rings. The number of ether oxygens (including phenoxy) is 1. The lowest BCUT2D eigenvalue weighted by Gasteiger charge is -2.08. The summed E-state index contributed by atoms with van der Waals surface area (Å²) in [7, 11) is 0. The molecular weight excluding hydrogens is 186 g/mol. The lowest BCUT2D eigenvalue weighted by molar-refractivity contribution is 0.341. The van der Waals surface area contributed by atoms with Gasteiger partial charge in [0.2, 0.25) is 0 Å². The van der Waals surface area contributed by atoms with Crippen LogP contribution in [0.25, 0.3) is 11.1 Å². The normalized spacial score (nSPS) is 9.93. The van der Waals surface area contributed by atoms with Crippen LogP contribution in [0.15, 0.2) is 48.8 Å². The highest BCUT2D eigenvalue weighted by Crippen LogP contribution is 2.28. The van der Waals surface area contributed by atoms with Crippen molar-refractivity contribution in [3.8, 4) is 16.9 Å². The Bertz CT molecular complexity index is 426. The average Bonchev–Trinajstić information content (AvgIpc) is 2.31. The Balaban J connectivity index is 2.43. The van der Waals surface area contributed by atoms with Gasteiger partial charge in [-0.1, -0.05) is 30.3 Å². The van der Waals surface area contributed by atoms with E-state index in [0.29, 0.717) is 6.61 Å². The zero-order chi connectivity index (χ0) is 10.5. The third-order valence-corrected chi connectivity index (χ3v) is 2.17. The average molecular weight is 199 g/mol. The van der Waals surface area contributed by atoms with Crippen LogP contribution < -0.4 is 4.74 Å². The highest BCUT2D eigenvalue weighted by Gasteiger charge is 2.04. The third-order valence-electron chi connectivity index (χ3n) is 2.17. The Hall–Kier alpha value is -1.83. The Labute approximate surface area is 89.6 Å². The number of aromatic nitrogens is 1. The maximum absolute atomic E-state index is 5.55. The minimum atomic E-state index is 0.670. The van der Waals surface area contributed by atoms with E-state index in [2.05, 4.69) is 17.1 Å². The molecule has 1 heterocycles. The van der Waals surface area contributed by atoms with Gasteiger partial charge in [-0.2, -0.15) is 0 Å². The van der Waals surface area contributed by atoms with Crippen LogP contribution in [0.3, 0.4) is 0 Å². The van der Waals surface area contributed by atoms with Crippen molar-refractivity contribution in [2.75, 3.05) is 6.61 Å². The molecule has 2 rings (SSSR count). The maximum Gasteiger partial charge on any atom is 0.130 e. The molecule has 76 valence electrons. The summed E-state index contributed by atoms with van der Waals surface area (Å²) in [6, 6.07) is 12.0. The summed E-state index contributed by atoms with van der Waals surface area (Å²) in [5.41, 5.74) is 2.18. The number of hydrogen-bond acceptors (Lipinski definition) is 2. The molecule has 2 nitrogen and oxygen atoms in total. The van der Waals surface area contributed by atoms with E-state index in [9.17, 15) is 0 Å². The molecule has 0 atom stereocenters. The molecule has 2 heteroatoms. The summed E-state index contributed by atoms with van der Waals surface area (Å²) >= 11 is 0. The van der Waals surface area contributed by atoms with Crippen molar-refractivity contribution < 1.29 is 4.74 Å². The van der Waals surface area contributed by atoms with E-state index >= 15 is 0 Å². The van der Waals surface area contributed by atoms with Gasteiger partial charge in [-0.05, 0) is 18.6 Å². The van der Waals surface area contributed by atoms with Crippen LogP contribution in [0.4, 0.5) is 0 Å². The van der Waals surface area contributed by atoms with E-state index in [1.165, 1.54) is 0 Å². The molecule has 0 aliphatic rings. The molecule has 1 aromatic carbocycles. The Morgan fingerprint density at radius 1 is 1.13 bits per heavy atom. The predicted octanol–water partition coefficient (Wildman–Crippen LogP) is 3.15. The van der Waals surface area contributed by atoms with Gasteiger partial charge in [0.15, 0.2) is 0 Å². The van der Waals surface area contributed by atoms with Crippen LogP contribution >= 0.6 is 0 Å². The first kappa shape index (κ1) is 9.71. The number of nitrogens with zero attached hydrogens (tertiary/aromatic N) is 1. The van der Waals surface area contributed by atoms with Crippen molar-refractivity contribution in [1.29, 1.82) is 0 Å². The van der Waals surface area contributed by atoms with Crippen LogP contribution in [0.2, 0.25) is 0 Å². The number of pyridine rings is 1. The second-order valence-corrected chi connectivity index (χ2v) is 3.17. The zero-order valence-electron chi connectivity index (χ0n) is 8.68. The summed E-state index contributed by atoms with van der Waals surface area (Å²) in [6.45, 7) is 2.65. The molecule has 0 spiro atoms. The first-order valence-corrected chi connectivity index (χ1v) is 5.04. The molecule has 15 heavy (non-hydrogen) atoms. The van der Waals surface area contributed by atoms with E-state index in [-0.39, 0.29) is 0 Å². The quantitative estimate of drug-likeness (QED) is 0.757. The van der Waals surface area contributed by atoms with Crippen molar-refractivity contribution >= 4 is 0 Å². The van der Waals surface area contributed by atoms with Gasteiger partial charge in [0.05, 0.1) is 6.61 Å². The van der Waals surface area contributed by atoms with Gasteiger partial charge < -0.3 is 4.74 Å². The first-order chi connectivity index (χ1) is 7.42. The molecule has 0 bridgehead atoms. The number of hydrogen-bond donors (Lipinski definition) is 0. The van der Waals surface area contributed by atoms with Crippen LogP contribution in [0.1, 0.15) is 6.92 Å². The maximum atomic E-state index is 5.55. The van der Waals surface area contributed by atoms with Gasteiger partial charge in [-0.25, -0.2) is 0 Å². The SMILES string of the molecule is CCOc1ccncc1-c1ccccc1. The van der Waals surface area contributed by atoms with Gasteiger partial charge in [-0.15, -0.1) is 0 Å². The Morgan fingerprint density at radius 2 is 1.93 bits per heavy atom. The number of rotatable bonds is 3. The van der Waals surface area contributed by atoms with Gasteiger partial charge >= 0.3 is 0 Å². The molecule has 0 aliphatic heterocycles. The topological polar surface area (TPSA) is 22.1 Å². The third kappa shape index (κ3) is 2.15. The largest absolute Gasteiger partial charge is 0.493 e. The van der Waals surface area contributed by atoms with Crippen molar-refractivity contribution in [3.63, 3.8) is 0 Å². The van der Waals surface area contributed by atoms with Gasteiger partial charge in [0, 0.05) is 18.0 Å². The molecule has 0 saturated heterocycles. The van der Waals surface area contributed by atoms with Gasteiger partial charge in [0.25, 0.3) is 0 Å². The fraction of sp³-hybridized carbons (Fsp3) is 0.154. The molecule has 0 unspecified atom stereocenters. The van der Waals surface area contributed by atoms with E-state index in [1.54, 1.807) is 6.20 Å². The Kier molecular flexibility index (Phi) is 2.98. The molecule has 0 amide bonds. The van der Waals surface area contributed by atoms with Crippen LogP contribution in [-0.2, 0) is 0 Å². The van der Waals surface area contributed by atoms with Crippen molar-refractivity contribution in [2.45, 2.75) is 6.92 Å². The predicted molar refractivity (Wildman–Crippen MR) is 60.8 cm³/mol. The fourth-order valence-corrected chi connectivity index (χ4v) is 1.50. The molecule has 0 aliphatic carbocycles. The van der Waals surface area contributed by atoms with Gasteiger partial charge in [0.1, 0.15) is 5.75 Å². The summed E-state index contributed by atoms with van der Waals surface area (Å²) in [5, 5.41) is 0. The highest BCUT2D eigenvalue weighted by atomic mass is 16.5. The van der Waals surface area contributed by atoms with Crippen molar-refractivity contribution in [3.05, 3.63) is 48.8 Å². The van der Waals surface area contributed by atoms with E-state index < -0.39 is 0 Å². The lowest BCUT2D eigenvalue weighted by Crippen LogP contribution is -1.94. The smallest absolute Gasteiger partial charge is 0.130 e. The molecule has 0 fully saturated rings. The second kappa shape index (κ2) is 4.60. The standard InChI is InChI=1S/C13H13NO/c1-2-15-13-8-9-14-10-12(13)11-6-4-3-5-7-11/h3-10H,2H2,1H3. The summed E-state index contributed by atoms with van der Waals surface area (Å²) < 4.78 is 5.55. The molecule has 0 saturated carbocycles. The minimum absolute atomic E-state index is 0.670. The van der Waals surface area contributed by atoms with E-state index in [0.717, 1.165) is 16.9 Å². The van der Waals surface area contributed by atoms with Crippen molar-refractivity contribution in [2.24, 2.45) is 0 Å². The monoisotopic (exact) mass is 199 g/mol. The van der Waals surface area contributed by atoms with Crippen LogP contribution in [0, 0.1) is 0 Å². The molecular formula is C13H13NO. The highest BCUT2D eigenvalue weighted by molar-refractivity contribution is 5.69.